The number of nitrogens with zero attached hydrogens (tertiary/aromatic N) is 2. The molecule has 1 saturated carbocycles. The molecule has 176 valence electrons. The number of thiophene rings is 1. The number of amides is 1. The van der Waals surface area contributed by atoms with Gasteiger partial charge in [0.2, 0.25) is 0 Å². The van der Waals surface area contributed by atoms with Crippen LogP contribution in [-0.2, 0) is 22.4 Å². The Morgan fingerprint density at radius 3 is 2.48 bits per heavy atom. The van der Waals surface area contributed by atoms with Crippen molar-refractivity contribution < 1.29 is 32.4 Å². The Balaban J connectivity index is 1.52. The van der Waals surface area contributed by atoms with Crippen molar-refractivity contribution in [2.75, 3.05) is 5.32 Å². The zero-order chi connectivity index (χ0) is 23.3. The number of alkyl halides is 3. The number of halogens is 3. The highest BCUT2D eigenvalue weighted by Gasteiger charge is 2.43. The smallest absolute Gasteiger partial charge is 0.392 e. The van der Waals surface area contributed by atoms with E-state index in [1.54, 1.807) is 0 Å². The monoisotopic (exact) mass is 481 g/mol. The Bertz CT molecular complexity index is 1150. The fourth-order valence-corrected chi connectivity index (χ4v) is 5.91. The Morgan fingerprint density at radius 2 is 1.82 bits per heavy atom. The first kappa shape index (κ1) is 22.1. The molecule has 3 aliphatic carbocycles. The number of carbonyl (C=O) groups is 2. The first-order chi connectivity index (χ1) is 15.7. The third-order valence-corrected chi connectivity index (χ3v) is 7.72. The summed E-state index contributed by atoms with van der Waals surface area (Å²) in [6, 6.07) is 0. The highest BCUT2D eigenvalue weighted by molar-refractivity contribution is 7.17. The minimum Gasteiger partial charge on any atom is -0.478 e. The lowest BCUT2D eigenvalue weighted by Crippen LogP contribution is -2.28. The summed E-state index contributed by atoms with van der Waals surface area (Å²) in [7, 11) is 0. The van der Waals surface area contributed by atoms with Crippen molar-refractivity contribution in [3.63, 3.8) is 0 Å². The van der Waals surface area contributed by atoms with E-state index in [0.717, 1.165) is 24.2 Å². The fourth-order valence-electron chi connectivity index (χ4n) is 4.59. The van der Waals surface area contributed by atoms with Crippen LogP contribution in [0.4, 0.5) is 18.2 Å². The number of carboxylic acids is 1. The number of aliphatic carboxylic acids is 1. The van der Waals surface area contributed by atoms with Gasteiger partial charge in [0.05, 0.1) is 11.5 Å². The zero-order valence-electron chi connectivity index (χ0n) is 17.6. The summed E-state index contributed by atoms with van der Waals surface area (Å²) >= 11 is 1.08. The van der Waals surface area contributed by atoms with Gasteiger partial charge in [0.25, 0.3) is 11.8 Å². The molecule has 1 unspecified atom stereocenters. The van der Waals surface area contributed by atoms with Crippen molar-refractivity contribution in [2.24, 2.45) is 5.92 Å². The Kier molecular flexibility index (Phi) is 5.54. The van der Waals surface area contributed by atoms with Crippen molar-refractivity contribution in [1.29, 1.82) is 0 Å². The molecule has 2 aromatic rings. The highest BCUT2D eigenvalue weighted by Crippen LogP contribution is 2.48. The Hall–Kier alpha value is -2.69. The number of carboxylic acid groups (broad SMARTS) is 1. The number of hydrogen-bond donors (Lipinski definition) is 2. The summed E-state index contributed by atoms with van der Waals surface area (Å²) in [5, 5.41) is 16.6. The first-order valence-electron chi connectivity index (χ1n) is 11.0. The van der Waals surface area contributed by atoms with E-state index in [1.807, 2.05) is 0 Å². The van der Waals surface area contributed by atoms with Crippen molar-refractivity contribution in [3.8, 4) is 11.5 Å². The molecule has 0 spiro atoms. The van der Waals surface area contributed by atoms with Gasteiger partial charge in [-0.05, 0) is 63.4 Å². The molecular formula is C22H22F3N3O4S. The van der Waals surface area contributed by atoms with E-state index in [2.05, 4.69) is 15.5 Å². The van der Waals surface area contributed by atoms with Gasteiger partial charge in [-0.3, -0.25) is 4.79 Å². The SMILES string of the molecule is O=C(O)C1=C(C(=O)Nc2sc3c(c2-c2nc(C4CC4)no2)CCC(C(F)(F)F)C3)CCCC1. The molecule has 0 saturated heterocycles. The number of fused-ring (bicyclic) bond motifs is 1. The third kappa shape index (κ3) is 4.30. The zero-order valence-corrected chi connectivity index (χ0v) is 18.4. The van der Waals surface area contributed by atoms with Crippen LogP contribution in [0, 0.1) is 5.92 Å². The summed E-state index contributed by atoms with van der Waals surface area (Å²) < 4.78 is 45.6. The van der Waals surface area contributed by atoms with Gasteiger partial charge in [-0.1, -0.05) is 5.16 Å². The van der Waals surface area contributed by atoms with Crippen molar-refractivity contribution in [2.45, 2.75) is 69.9 Å². The lowest BCUT2D eigenvalue weighted by atomic mass is 9.86. The Labute approximate surface area is 191 Å². The van der Waals surface area contributed by atoms with Crippen LogP contribution in [0.15, 0.2) is 15.7 Å². The summed E-state index contributed by atoms with van der Waals surface area (Å²) in [5.41, 5.74) is 1.46. The van der Waals surface area contributed by atoms with E-state index in [4.69, 9.17) is 4.52 Å². The first-order valence-corrected chi connectivity index (χ1v) is 11.9. The van der Waals surface area contributed by atoms with Crippen LogP contribution >= 0.6 is 11.3 Å². The number of aromatic nitrogens is 2. The molecule has 2 aromatic heterocycles. The minimum absolute atomic E-state index is 0.0500. The molecule has 1 amide bonds. The predicted molar refractivity (Wildman–Crippen MR) is 113 cm³/mol. The summed E-state index contributed by atoms with van der Waals surface area (Å²) in [6.07, 6.45) is -0.345. The molecule has 5 rings (SSSR count). The van der Waals surface area contributed by atoms with E-state index in [0.29, 0.717) is 52.5 Å². The minimum atomic E-state index is -4.29. The second kappa shape index (κ2) is 8.27. The maximum atomic E-state index is 13.4. The lowest BCUT2D eigenvalue weighted by Gasteiger charge is -2.24. The average Bonchev–Trinajstić information content (AvgIpc) is 3.40. The highest BCUT2D eigenvalue weighted by atomic mass is 32.1. The normalized spacial score (nSPS) is 21.1. The van der Waals surface area contributed by atoms with Gasteiger partial charge in [-0.2, -0.15) is 18.2 Å². The third-order valence-electron chi connectivity index (χ3n) is 6.55. The molecule has 1 atom stereocenters. The molecule has 1 fully saturated rings. The molecule has 0 aliphatic heterocycles. The average molecular weight is 481 g/mol. The largest absolute Gasteiger partial charge is 0.478 e. The van der Waals surface area contributed by atoms with Gasteiger partial charge in [-0.25, -0.2) is 4.79 Å². The molecule has 7 nitrogen and oxygen atoms in total. The van der Waals surface area contributed by atoms with E-state index in [1.165, 1.54) is 0 Å². The maximum absolute atomic E-state index is 13.4. The van der Waals surface area contributed by atoms with Crippen LogP contribution in [0.3, 0.4) is 0 Å². The number of nitrogens with one attached hydrogen (secondary N) is 1. The van der Waals surface area contributed by atoms with Crippen LogP contribution in [0.25, 0.3) is 11.5 Å². The summed E-state index contributed by atoms with van der Waals surface area (Å²) in [5.74, 6) is -2.12. The van der Waals surface area contributed by atoms with Gasteiger partial charge in [0.15, 0.2) is 5.82 Å². The van der Waals surface area contributed by atoms with Gasteiger partial charge in [0.1, 0.15) is 5.00 Å². The number of hydrogen-bond acceptors (Lipinski definition) is 6. The number of carbonyl (C=O) groups excluding carboxylic acids is 1. The molecule has 11 heteroatoms. The topological polar surface area (TPSA) is 105 Å². The van der Waals surface area contributed by atoms with Crippen LogP contribution in [-0.4, -0.2) is 33.3 Å². The van der Waals surface area contributed by atoms with E-state index < -0.39 is 24.0 Å². The summed E-state index contributed by atoms with van der Waals surface area (Å²) in [4.78, 5) is 29.7. The maximum Gasteiger partial charge on any atom is 0.392 e. The molecule has 0 bridgehead atoms. The quantitative estimate of drug-likeness (QED) is 0.605. The second-order valence-corrected chi connectivity index (χ2v) is 9.95. The standard InChI is InChI=1S/C22H22F3N3O4S/c23-22(24,25)11-7-8-14-15(9-11)33-20(16(14)19-26-17(28-32-19)10-5-6-10)27-18(29)12-3-1-2-4-13(12)21(30)31/h10-11H,1-9H2,(H,27,29)(H,30,31). The summed E-state index contributed by atoms with van der Waals surface area (Å²) in [6.45, 7) is 0. The second-order valence-electron chi connectivity index (χ2n) is 8.84. The fraction of sp³-hybridized carbons (Fsp3) is 0.545. The number of anilines is 1. The van der Waals surface area contributed by atoms with Gasteiger partial charge in [0, 0.05) is 21.9 Å². The van der Waals surface area contributed by atoms with Gasteiger partial charge >= 0.3 is 12.1 Å². The van der Waals surface area contributed by atoms with Crippen LogP contribution < -0.4 is 5.32 Å². The van der Waals surface area contributed by atoms with Crippen LogP contribution in [0.1, 0.15) is 67.1 Å². The van der Waals surface area contributed by atoms with Crippen LogP contribution in [0.5, 0.6) is 0 Å². The molecule has 0 radical (unpaired) electrons. The molecule has 0 aromatic carbocycles. The predicted octanol–water partition coefficient (Wildman–Crippen LogP) is 5.24. The van der Waals surface area contributed by atoms with E-state index in [9.17, 15) is 27.9 Å². The number of rotatable bonds is 5. The Morgan fingerprint density at radius 1 is 1.09 bits per heavy atom. The van der Waals surface area contributed by atoms with Crippen molar-refractivity contribution in [3.05, 3.63) is 27.4 Å². The molecular weight excluding hydrogens is 459 g/mol. The molecule has 2 N–H and O–H groups in total. The molecule has 2 heterocycles. The molecule has 33 heavy (non-hydrogen) atoms. The van der Waals surface area contributed by atoms with Gasteiger partial charge < -0.3 is 14.9 Å². The van der Waals surface area contributed by atoms with Crippen molar-refractivity contribution in [1.82, 2.24) is 10.1 Å². The van der Waals surface area contributed by atoms with Crippen LogP contribution in [0.2, 0.25) is 0 Å². The van der Waals surface area contributed by atoms with E-state index >= 15 is 0 Å². The lowest BCUT2D eigenvalue weighted by molar-refractivity contribution is -0.176. The van der Waals surface area contributed by atoms with Crippen molar-refractivity contribution >= 4 is 28.2 Å². The molecule has 3 aliphatic rings. The van der Waals surface area contributed by atoms with Gasteiger partial charge in [-0.15, -0.1) is 11.3 Å². The van der Waals surface area contributed by atoms with E-state index in [-0.39, 0.29) is 42.2 Å².